The van der Waals surface area contributed by atoms with Gasteiger partial charge in [-0.25, -0.2) is 0 Å². The first-order valence-electron chi connectivity index (χ1n) is 2.92. The van der Waals surface area contributed by atoms with E-state index in [4.69, 9.17) is 0 Å². The van der Waals surface area contributed by atoms with Crippen LogP contribution in [0.1, 0.15) is 6.92 Å². The highest BCUT2D eigenvalue weighted by molar-refractivity contribution is 5.53. The minimum Gasteiger partial charge on any atom is -1.00 e. The van der Waals surface area contributed by atoms with E-state index in [1.807, 2.05) is 13.4 Å². The Morgan fingerprint density at radius 3 is 2.67 bits per heavy atom. The van der Waals surface area contributed by atoms with E-state index < -0.39 is 0 Å². The van der Waals surface area contributed by atoms with Crippen molar-refractivity contribution >= 4 is 6.34 Å². The second-order valence-corrected chi connectivity index (χ2v) is 2.08. The van der Waals surface area contributed by atoms with Gasteiger partial charge in [0, 0.05) is 7.05 Å². The Morgan fingerprint density at radius 1 is 1.78 bits per heavy atom. The van der Waals surface area contributed by atoms with Crippen LogP contribution < -0.4 is 29.0 Å². The third-order valence-electron chi connectivity index (χ3n) is 1.28. The van der Waals surface area contributed by atoms with E-state index in [0.29, 0.717) is 0 Å². The summed E-state index contributed by atoms with van der Waals surface area (Å²) in [6.45, 7) is 4.24. The van der Waals surface area contributed by atoms with E-state index in [-0.39, 0.29) is 24.0 Å². The Hall–Kier alpha value is 0.160. The summed E-state index contributed by atoms with van der Waals surface area (Å²) in [5.41, 5.74) is 0. The average Bonchev–Trinajstić information content (AvgIpc) is 2.14. The predicted octanol–water partition coefficient (Wildman–Crippen LogP) is -4.26. The first-order chi connectivity index (χ1) is 3.83. The Bertz CT molecular complexity index is 104. The van der Waals surface area contributed by atoms with E-state index in [0.717, 1.165) is 13.2 Å². The maximum absolute atomic E-state index is 4.15. The molecule has 0 bridgehead atoms. The number of nitrogens with one attached hydrogen (secondary N) is 1. The molecule has 0 saturated heterocycles. The Balaban J connectivity index is 0.000000640. The summed E-state index contributed by atoms with van der Waals surface area (Å²) in [7, 11) is 2.03. The smallest absolute Gasteiger partial charge is 0.177 e. The first-order valence-corrected chi connectivity index (χ1v) is 2.92. The Kier molecular flexibility index (Phi) is 4.12. The van der Waals surface area contributed by atoms with Gasteiger partial charge in [0.15, 0.2) is 13.0 Å². The molecule has 0 aromatic rings. The highest BCUT2D eigenvalue weighted by atomic mass is 127. The molecule has 0 fully saturated rings. The minimum atomic E-state index is 0. The molecule has 1 N–H and O–H groups in total. The summed E-state index contributed by atoms with van der Waals surface area (Å²) >= 11 is 0. The molecule has 0 saturated carbocycles. The molecule has 1 heterocycles. The zero-order chi connectivity index (χ0) is 5.98. The van der Waals surface area contributed by atoms with Gasteiger partial charge in [-0.05, 0) is 6.92 Å². The van der Waals surface area contributed by atoms with Crippen molar-refractivity contribution in [1.82, 2.24) is 4.90 Å². The fraction of sp³-hybridized carbons (Fsp3) is 0.800. The molecule has 0 radical (unpaired) electrons. The third-order valence-corrected chi connectivity index (χ3v) is 1.28. The Morgan fingerprint density at radius 2 is 2.44 bits per heavy atom. The van der Waals surface area contributed by atoms with Gasteiger partial charge in [0.1, 0.15) is 6.54 Å². The van der Waals surface area contributed by atoms with Crippen LogP contribution in [0.3, 0.4) is 0 Å². The topological polar surface area (TPSA) is 20.0 Å². The molecule has 1 aliphatic rings. The number of hydrogen-bond acceptors (Lipinski definition) is 2. The van der Waals surface area contributed by atoms with Gasteiger partial charge < -0.3 is 28.9 Å². The molecule has 3 nitrogen and oxygen atoms in total. The van der Waals surface area contributed by atoms with Crippen LogP contribution in [-0.2, 0) is 0 Å². The van der Waals surface area contributed by atoms with Crippen molar-refractivity contribution in [3.63, 3.8) is 0 Å². The van der Waals surface area contributed by atoms with Crippen molar-refractivity contribution in [2.45, 2.75) is 6.92 Å². The van der Waals surface area contributed by atoms with Crippen LogP contribution in [0.25, 0.3) is 0 Å². The molecule has 0 aliphatic carbocycles. The molecule has 1 unspecified atom stereocenters. The maximum Gasteiger partial charge on any atom is 0.177 e. The summed E-state index contributed by atoms with van der Waals surface area (Å²) < 4.78 is 0. The van der Waals surface area contributed by atoms with Crippen LogP contribution in [0.15, 0.2) is 5.10 Å². The summed E-state index contributed by atoms with van der Waals surface area (Å²) in [6.07, 6.45) is 1.87. The molecule has 1 rings (SSSR count). The van der Waals surface area contributed by atoms with Gasteiger partial charge in [-0.1, -0.05) is 5.10 Å². The van der Waals surface area contributed by atoms with Gasteiger partial charge in [-0.3, -0.25) is 0 Å². The predicted molar refractivity (Wildman–Crippen MR) is 32.6 cm³/mol. The standard InChI is InChI=1S/C5H11N3.HI/c1-3-8-5-7(2)4-6-8;/h4H,3,5H2,1-2H3;1H. The quantitative estimate of drug-likeness (QED) is 0.461. The first kappa shape index (κ1) is 9.16. The minimum absolute atomic E-state index is 0. The third kappa shape index (κ3) is 2.49. The van der Waals surface area contributed by atoms with Crippen molar-refractivity contribution in [3.05, 3.63) is 0 Å². The number of nitrogens with zero attached hydrogens (tertiary/aromatic N) is 2. The van der Waals surface area contributed by atoms with Crippen LogP contribution in [0.2, 0.25) is 0 Å². The second-order valence-electron chi connectivity index (χ2n) is 2.08. The summed E-state index contributed by atoms with van der Waals surface area (Å²) in [4.78, 5) is 2.08. The summed E-state index contributed by atoms with van der Waals surface area (Å²) in [5, 5.41) is 5.44. The monoisotopic (exact) mass is 241 g/mol. The maximum atomic E-state index is 4.15. The van der Waals surface area contributed by atoms with E-state index in [1.165, 1.54) is 5.01 Å². The molecule has 9 heavy (non-hydrogen) atoms. The van der Waals surface area contributed by atoms with E-state index >= 15 is 0 Å². The Labute approximate surface area is 72.7 Å². The van der Waals surface area contributed by atoms with Crippen LogP contribution in [0.5, 0.6) is 0 Å². The van der Waals surface area contributed by atoms with Crippen molar-refractivity contribution in [2.24, 2.45) is 5.10 Å². The zero-order valence-corrected chi connectivity index (χ0v) is 7.92. The number of halogens is 1. The molecule has 4 heteroatoms. The molecule has 0 aromatic heterocycles. The van der Waals surface area contributed by atoms with Crippen molar-refractivity contribution in [3.8, 4) is 0 Å². The lowest BCUT2D eigenvalue weighted by Crippen LogP contribution is -3.06. The number of quaternary nitrogens is 1. The average molecular weight is 241 g/mol. The van der Waals surface area contributed by atoms with Gasteiger partial charge in [0.05, 0.1) is 0 Å². The highest BCUT2D eigenvalue weighted by Crippen LogP contribution is 1.72. The lowest BCUT2D eigenvalue weighted by atomic mass is 10.7. The van der Waals surface area contributed by atoms with Crippen LogP contribution in [0, 0.1) is 0 Å². The number of hydrogen-bond donors (Lipinski definition) is 1. The molecule has 0 aromatic carbocycles. The fourth-order valence-corrected chi connectivity index (χ4v) is 0.753. The normalized spacial score (nSPS) is 24.2. The molecule has 1 atom stereocenters. The number of rotatable bonds is 1. The van der Waals surface area contributed by atoms with Crippen molar-refractivity contribution in [2.75, 3.05) is 20.3 Å². The molecule has 0 amide bonds. The van der Waals surface area contributed by atoms with Gasteiger partial charge >= 0.3 is 0 Å². The summed E-state index contributed by atoms with van der Waals surface area (Å²) in [6, 6.07) is 0. The SMILES string of the molecule is CC[NH+]1CN(C)C=N1.[I-]. The van der Waals surface area contributed by atoms with Crippen LogP contribution >= 0.6 is 0 Å². The van der Waals surface area contributed by atoms with Crippen molar-refractivity contribution in [1.29, 1.82) is 0 Å². The lowest BCUT2D eigenvalue weighted by molar-refractivity contribution is -0.905. The van der Waals surface area contributed by atoms with E-state index in [2.05, 4.69) is 16.9 Å². The highest BCUT2D eigenvalue weighted by Gasteiger charge is 2.11. The van der Waals surface area contributed by atoms with E-state index in [1.54, 1.807) is 0 Å². The molecule has 0 spiro atoms. The van der Waals surface area contributed by atoms with Gasteiger partial charge in [-0.15, -0.1) is 0 Å². The van der Waals surface area contributed by atoms with Gasteiger partial charge in [0.25, 0.3) is 0 Å². The largest absolute Gasteiger partial charge is 1.00 e. The molecular formula is C5H12IN3. The fourth-order valence-electron chi connectivity index (χ4n) is 0.753. The van der Waals surface area contributed by atoms with Gasteiger partial charge in [0.2, 0.25) is 0 Å². The van der Waals surface area contributed by atoms with Crippen molar-refractivity contribution < 1.29 is 29.0 Å². The zero-order valence-electron chi connectivity index (χ0n) is 5.76. The van der Waals surface area contributed by atoms with Crippen LogP contribution in [0.4, 0.5) is 0 Å². The van der Waals surface area contributed by atoms with Crippen LogP contribution in [-0.4, -0.2) is 31.5 Å². The van der Waals surface area contributed by atoms with E-state index in [9.17, 15) is 0 Å². The molecule has 1 aliphatic heterocycles. The molecular weight excluding hydrogens is 229 g/mol. The van der Waals surface area contributed by atoms with Gasteiger partial charge in [-0.2, -0.15) is 5.01 Å². The second kappa shape index (κ2) is 4.05. The molecule has 54 valence electrons. The lowest BCUT2D eigenvalue weighted by Gasteiger charge is -2.05. The summed E-state index contributed by atoms with van der Waals surface area (Å²) in [5.74, 6) is 0.